The molecule has 2 amide bonds. The average Bonchev–Trinajstić information content (AvgIpc) is 2.73. The van der Waals surface area contributed by atoms with Gasteiger partial charge in [0.2, 0.25) is 11.8 Å². The van der Waals surface area contributed by atoms with Gasteiger partial charge in [-0.05, 0) is 35.2 Å². The van der Waals surface area contributed by atoms with E-state index in [9.17, 15) is 14.4 Å². The van der Waals surface area contributed by atoms with Crippen molar-refractivity contribution < 1.29 is 19.1 Å². The van der Waals surface area contributed by atoms with E-state index >= 15 is 0 Å². The molecule has 6 nitrogen and oxygen atoms in total. The van der Waals surface area contributed by atoms with Crippen LogP contribution in [-0.4, -0.2) is 35.8 Å². The highest BCUT2D eigenvalue weighted by molar-refractivity contribution is 6.33. The normalized spacial score (nSPS) is 15.5. The van der Waals surface area contributed by atoms with Crippen LogP contribution in [-0.2, 0) is 27.3 Å². The molecule has 0 spiro atoms. The predicted octanol–water partition coefficient (Wildman–Crippen LogP) is 4.06. The number of carbonyl (C=O) groups excluding carboxylic acids is 3. The van der Waals surface area contributed by atoms with Crippen LogP contribution in [0.1, 0.15) is 41.8 Å². The maximum absolute atomic E-state index is 13.2. The Morgan fingerprint density at radius 3 is 2.53 bits per heavy atom. The van der Waals surface area contributed by atoms with Gasteiger partial charge in [0.1, 0.15) is 6.04 Å². The van der Waals surface area contributed by atoms with E-state index in [2.05, 4.69) is 5.32 Å². The summed E-state index contributed by atoms with van der Waals surface area (Å²) in [6.07, 6.45) is 0.808. The van der Waals surface area contributed by atoms with Crippen molar-refractivity contribution >= 4 is 35.1 Å². The summed E-state index contributed by atoms with van der Waals surface area (Å²) >= 11 is 6.06. The second kappa shape index (κ2) is 9.30. The van der Waals surface area contributed by atoms with Crippen LogP contribution in [0.15, 0.2) is 42.5 Å². The third kappa shape index (κ3) is 4.82. The standard InChI is InChI=1S/C23H25ClN2O4/c1-14(2)10-21(27)26-13-16-7-5-4-6-15(16)11-20(26)22(28)25-17-8-9-19(24)18(12-17)23(29)30-3/h4-9,12,14,20H,10-11,13H2,1-3H3,(H,25,28). The van der Waals surface area contributed by atoms with E-state index < -0.39 is 12.0 Å². The number of esters is 1. The first kappa shape index (κ1) is 21.8. The molecule has 30 heavy (non-hydrogen) atoms. The fourth-order valence-corrected chi connectivity index (χ4v) is 3.78. The van der Waals surface area contributed by atoms with E-state index in [0.29, 0.717) is 25.1 Å². The summed E-state index contributed by atoms with van der Waals surface area (Å²) in [7, 11) is 1.27. The molecule has 7 heteroatoms. The Kier molecular flexibility index (Phi) is 6.77. The minimum atomic E-state index is -0.636. The predicted molar refractivity (Wildman–Crippen MR) is 115 cm³/mol. The average molecular weight is 429 g/mol. The van der Waals surface area contributed by atoms with Crippen LogP contribution < -0.4 is 5.32 Å². The Labute approximate surface area is 181 Å². The Morgan fingerprint density at radius 2 is 1.87 bits per heavy atom. The number of halogens is 1. The monoisotopic (exact) mass is 428 g/mol. The molecule has 1 N–H and O–H groups in total. The zero-order valence-electron chi connectivity index (χ0n) is 17.3. The van der Waals surface area contributed by atoms with Crippen molar-refractivity contribution in [2.75, 3.05) is 12.4 Å². The molecule has 0 fully saturated rings. The minimum Gasteiger partial charge on any atom is -0.465 e. The molecular weight excluding hydrogens is 404 g/mol. The number of carbonyl (C=O) groups is 3. The minimum absolute atomic E-state index is 0.0500. The summed E-state index contributed by atoms with van der Waals surface area (Å²) in [5.41, 5.74) is 2.69. The van der Waals surface area contributed by atoms with Gasteiger partial charge in [-0.15, -0.1) is 0 Å². The first-order chi connectivity index (χ1) is 14.3. The van der Waals surface area contributed by atoms with Crippen molar-refractivity contribution in [2.24, 2.45) is 5.92 Å². The Bertz CT molecular complexity index is 973. The topological polar surface area (TPSA) is 75.7 Å². The number of hydrogen-bond acceptors (Lipinski definition) is 4. The SMILES string of the molecule is COC(=O)c1cc(NC(=O)C2Cc3ccccc3CN2C(=O)CC(C)C)ccc1Cl. The lowest BCUT2D eigenvalue weighted by Crippen LogP contribution is -2.50. The molecule has 1 heterocycles. The zero-order chi connectivity index (χ0) is 21.8. The smallest absolute Gasteiger partial charge is 0.339 e. The van der Waals surface area contributed by atoms with E-state index in [1.807, 2.05) is 38.1 Å². The van der Waals surface area contributed by atoms with E-state index in [1.54, 1.807) is 11.0 Å². The van der Waals surface area contributed by atoms with Gasteiger partial charge in [-0.1, -0.05) is 49.7 Å². The summed E-state index contributed by atoms with van der Waals surface area (Å²) < 4.78 is 4.73. The zero-order valence-corrected chi connectivity index (χ0v) is 18.0. The number of amides is 2. The quantitative estimate of drug-likeness (QED) is 0.728. The molecule has 0 aliphatic carbocycles. The van der Waals surface area contributed by atoms with E-state index in [0.717, 1.165) is 11.1 Å². The highest BCUT2D eigenvalue weighted by Crippen LogP contribution is 2.27. The molecule has 0 saturated carbocycles. The van der Waals surface area contributed by atoms with Crippen molar-refractivity contribution in [1.29, 1.82) is 0 Å². The molecule has 1 aliphatic rings. The summed E-state index contributed by atoms with van der Waals surface area (Å²) in [5, 5.41) is 3.06. The molecule has 0 radical (unpaired) electrons. The lowest BCUT2D eigenvalue weighted by molar-refractivity contribution is -0.140. The van der Waals surface area contributed by atoms with Gasteiger partial charge >= 0.3 is 5.97 Å². The number of methoxy groups -OCH3 is 1. The van der Waals surface area contributed by atoms with Crippen molar-refractivity contribution in [3.63, 3.8) is 0 Å². The van der Waals surface area contributed by atoms with Gasteiger partial charge in [0.25, 0.3) is 0 Å². The van der Waals surface area contributed by atoms with Gasteiger partial charge in [0.15, 0.2) is 0 Å². The van der Waals surface area contributed by atoms with Crippen molar-refractivity contribution in [1.82, 2.24) is 4.90 Å². The maximum atomic E-state index is 13.2. The van der Waals surface area contributed by atoms with Crippen LogP contribution in [0.2, 0.25) is 5.02 Å². The second-order valence-electron chi connectivity index (χ2n) is 7.78. The van der Waals surface area contributed by atoms with Gasteiger partial charge in [-0.2, -0.15) is 0 Å². The van der Waals surface area contributed by atoms with Crippen LogP contribution in [0.4, 0.5) is 5.69 Å². The third-order valence-corrected chi connectivity index (χ3v) is 5.42. The van der Waals surface area contributed by atoms with Gasteiger partial charge < -0.3 is 15.0 Å². The highest BCUT2D eigenvalue weighted by Gasteiger charge is 2.34. The van der Waals surface area contributed by atoms with Gasteiger partial charge in [-0.3, -0.25) is 9.59 Å². The molecule has 2 aromatic rings. The fourth-order valence-electron chi connectivity index (χ4n) is 3.58. The number of rotatable bonds is 5. The summed E-state index contributed by atoms with van der Waals surface area (Å²) in [6.45, 7) is 4.35. The number of nitrogens with one attached hydrogen (secondary N) is 1. The van der Waals surface area contributed by atoms with E-state index in [4.69, 9.17) is 16.3 Å². The van der Waals surface area contributed by atoms with Crippen LogP contribution in [0.25, 0.3) is 0 Å². The number of hydrogen-bond donors (Lipinski definition) is 1. The molecule has 0 saturated heterocycles. The van der Waals surface area contributed by atoms with E-state index in [-0.39, 0.29) is 28.3 Å². The lowest BCUT2D eigenvalue weighted by Gasteiger charge is -2.36. The molecule has 0 aromatic heterocycles. The molecule has 3 rings (SSSR count). The van der Waals surface area contributed by atoms with Gasteiger partial charge in [0.05, 0.1) is 17.7 Å². The first-order valence-electron chi connectivity index (χ1n) is 9.85. The van der Waals surface area contributed by atoms with Crippen LogP contribution >= 0.6 is 11.6 Å². The molecule has 2 aromatic carbocycles. The molecular formula is C23H25ClN2O4. The third-order valence-electron chi connectivity index (χ3n) is 5.09. The Balaban J connectivity index is 1.86. The number of ether oxygens (including phenoxy) is 1. The summed E-state index contributed by atoms with van der Waals surface area (Å²) in [5.74, 6) is -0.751. The molecule has 1 aliphatic heterocycles. The summed E-state index contributed by atoms with van der Waals surface area (Å²) in [6, 6.07) is 11.8. The number of nitrogens with zero attached hydrogens (tertiary/aromatic N) is 1. The molecule has 1 atom stereocenters. The number of fused-ring (bicyclic) bond motifs is 1. The molecule has 0 bridgehead atoms. The molecule has 158 valence electrons. The van der Waals surface area contributed by atoms with Gasteiger partial charge in [0, 0.05) is 25.1 Å². The lowest BCUT2D eigenvalue weighted by atomic mass is 9.92. The van der Waals surface area contributed by atoms with Gasteiger partial charge in [-0.25, -0.2) is 4.79 Å². The van der Waals surface area contributed by atoms with Crippen LogP contribution in [0, 0.1) is 5.92 Å². The Hall–Kier alpha value is -2.86. The first-order valence-corrected chi connectivity index (χ1v) is 10.2. The maximum Gasteiger partial charge on any atom is 0.339 e. The molecule has 1 unspecified atom stereocenters. The fraction of sp³-hybridized carbons (Fsp3) is 0.348. The number of anilines is 1. The van der Waals surface area contributed by atoms with Crippen molar-refractivity contribution in [3.05, 3.63) is 64.2 Å². The van der Waals surface area contributed by atoms with Crippen LogP contribution in [0.5, 0.6) is 0 Å². The number of benzene rings is 2. The largest absolute Gasteiger partial charge is 0.465 e. The second-order valence-corrected chi connectivity index (χ2v) is 8.19. The van der Waals surface area contributed by atoms with Crippen molar-refractivity contribution in [3.8, 4) is 0 Å². The van der Waals surface area contributed by atoms with Crippen molar-refractivity contribution in [2.45, 2.75) is 39.3 Å². The van der Waals surface area contributed by atoms with Crippen LogP contribution in [0.3, 0.4) is 0 Å². The Morgan fingerprint density at radius 1 is 1.17 bits per heavy atom. The highest BCUT2D eigenvalue weighted by atomic mass is 35.5. The van der Waals surface area contributed by atoms with E-state index in [1.165, 1.54) is 19.2 Å². The summed E-state index contributed by atoms with van der Waals surface area (Å²) in [4.78, 5) is 39.6.